The van der Waals surface area contributed by atoms with Crippen LogP contribution in [0.4, 0.5) is 0 Å². The van der Waals surface area contributed by atoms with Crippen molar-refractivity contribution in [1.82, 2.24) is 10.6 Å². The molecule has 2 rings (SSSR count). The van der Waals surface area contributed by atoms with Crippen molar-refractivity contribution in [3.8, 4) is 11.5 Å². The maximum absolute atomic E-state index is 12.1. The van der Waals surface area contributed by atoms with Gasteiger partial charge in [0.1, 0.15) is 11.5 Å². The average Bonchev–Trinajstić information content (AvgIpc) is 2.48. The number of carbonyl (C=O) groups excluding carboxylic acids is 1. The molecule has 1 atom stereocenters. The molecule has 110 valence electrons. The lowest BCUT2D eigenvalue weighted by Crippen LogP contribution is -2.46. The van der Waals surface area contributed by atoms with E-state index >= 15 is 0 Å². The van der Waals surface area contributed by atoms with Gasteiger partial charge in [0.25, 0.3) is 0 Å². The van der Waals surface area contributed by atoms with Gasteiger partial charge in [0.15, 0.2) is 0 Å². The fourth-order valence-electron chi connectivity index (χ4n) is 2.45. The molecule has 1 aromatic carbocycles. The second-order valence-corrected chi connectivity index (χ2v) is 4.97. The van der Waals surface area contributed by atoms with Crippen molar-refractivity contribution >= 4 is 5.91 Å². The van der Waals surface area contributed by atoms with Crippen LogP contribution < -0.4 is 20.1 Å². The van der Waals surface area contributed by atoms with Gasteiger partial charge in [0, 0.05) is 18.2 Å². The second kappa shape index (κ2) is 7.14. The number of rotatable bonds is 5. The molecule has 0 saturated carbocycles. The molecular formula is C15H22N2O3. The zero-order valence-electron chi connectivity index (χ0n) is 12.1. The molecule has 1 aliphatic heterocycles. The van der Waals surface area contributed by atoms with E-state index in [4.69, 9.17) is 9.47 Å². The van der Waals surface area contributed by atoms with Crippen molar-refractivity contribution in [2.45, 2.75) is 25.3 Å². The molecule has 20 heavy (non-hydrogen) atoms. The first-order chi connectivity index (χ1) is 9.72. The molecule has 1 aliphatic rings. The van der Waals surface area contributed by atoms with Crippen LogP contribution in [0.2, 0.25) is 0 Å². The van der Waals surface area contributed by atoms with Crippen LogP contribution in [0.3, 0.4) is 0 Å². The Bertz CT molecular complexity index is 456. The Balaban J connectivity index is 1.98. The van der Waals surface area contributed by atoms with Crippen molar-refractivity contribution in [1.29, 1.82) is 0 Å². The molecule has 1 heterocycles. The van der Waals surface area contributed by atoms with Gasteiger partial charge >= 0.3 is 0 Å². The van der Waals surface area contributed by atoms with Crippen LogP contribution in [0.25, 0.3) is 0 Å². The summed E-state index contributed by atoms with van der Waals surface area (Å²) in [6.45, 7) is 1.89. The van der Waals surface area contributed by atoms with Gasteiger partial charge in [-0.2, -0.15) is 0 Å². The van der Waals surface area contributed by atoms with Crippen molar-refractivity contribution in [3.05, 3.63) is 23.8 Å². The highest BCUT2D eigenvalue weighted by Gasteiger charge is 2.16. The van der Waals surface area contributed by atoms with E-state index in [1.54, 1.807) is 14.2 Å². The molecule has 0 radical (unpaired) electrons. The summed E-state index contributed by atoms with van der Waals surface area (Å²) in [5, 5.41) is 6.34. The standard InChI is InChI=1S/C15H22N2O3/c1-19-13-5-6-14(20-2)11(8-13)9-15(18)17-12-4-3-7-16-10-12/h5-6,8,12,16H,3-4,7,9-10H2,1-2H3,(H,17,18). The summed E-state index contributed by atoms with van der Waals surface area (Å²) in [5.41, 5.74) is 0.841. The van der Waals surface area contributed by atoms with E-state index in [9.17, 15) is 4.79 Å². The number of carbonyl (C=O) groups is 1. The highest BCUT2D eigenvalue weighted by molar-refractivity contribution is 5.79. The molecule has 0 aromatic heterocycles. The molecule has 1 amide bonds. The van der Waals surface area contributed by atoms with Crippen molar-refractivity contribution in [2.75, 3.05) is 27.3 Å². The van der Waals surface area contributed by atoms with Crippen LogP contribution in [0, 0.1) is 0 Å². The Kier molecular flexibility index (Phi) is 5.24. The quantitative estimate of drug-likeness (QED) is 0.847. The largest absolute Gasteiger partial charge is 0.497 e. The van der Waals surface area contributed by atoms with Crippen LogP contribution in [0.1, 0.15) is 18.4 Å². The van der Waals surface area contributed by atoms with E-state index in [1.165, 1.54) is 0 Å². The number of ether oxygens (including phenoxy) is 2. The predicted molar refractivity (Wildman–Crippen MR) is 77.3 cm³/mol. The average molecular weight is 278 g/mol. The Labute approximate surface area is 119 Å². The number of hydrogen-bond acceptors (Lipinski definition) is 4. The predicted octanol–water partition coefficient (Wildman–Crippen LogP) is 1.11. The Morgan fingerprint density at radius 3 is 2.90 bits per heavy atom. The molecule has 0 spiro atoms. The van der Waals surface area contributed by atoms with Gasteiger partial charge in [-0.1, -0.05) is 0 Å². The minimum absolute atomic E-state index is 0.0188. The molecule has 1 saturated heterocycles. The minimum Gasteiger partial charge on any atom is -0.497 e. The third kappa shape index (κ3) is 3.87. The first-order valence-electron chi connectivity index (χ1n) is 6.94. The first kappa shape index (κ1) is 14.7. The first-order valence-corrected chi connectivity index (χ1v) is 6.94. The Morgan fingerprint density at radius 2 is 2.25 bits per heavy atom. The van der Waals surface area contributed by atoms with E-state index in [1.807, 2.05) is 18.2 Å². The molecule has 1 fully saturated rings. The normalized spacial score (nSPS) is 18.4. The lowest BCUT2D eigenvalue weighted by atomic mass is 10.1. The Hall–Kier alpha value is -1.75. The summed E-state index contributed by atoms with van der Waals surface area (Å²) < 4.78 is 10.5. The van der Waals surface area contributed by atoms with Crippen LogP contribution >= 0.6 is 0 Å². The van der Waals surface area contributed by atoms with E-state index in [2.05, 4.69) is 10.6 Å². The number of amides is 1. The molecule has 1 aromatic rings. The maximum atomic E-state index is 12.1. The zero-order valence-corrected chi connectivity index (χ0v) is 12.1. The van der Waals surface area contributed by atoms with Crippen molar-refractivity contribution < 1.29 is 14.3 Å². The van der Waals surface area contributed by atoms with Gasteiger partial charge < -0.3 is 20.1 Å². The number of piperidine rings is 1. The highest BCUT2D eigenvalue weighted by atomic mass is 16.5. The summed E-state index contributed by atoms with van der Waals surface area (Å²) in [6, 6.07) is 5.72. The number of hydrogen-bond donors (Lipinski definition) is 2. The van der Waals surface area contributed by atoms with E-state index in [-0.39, 0.29) is 11.9 Å². The monoisotopic (exact) mass is 278 g/mol. The van der Waals surface area contributed by atoms with E-state index in [0.717, 1.165) is 37.2 Å². The third-order valence-electron chi connectivity index (χ3n) is 3.50. The molecule has 0 aliphatic carbocycles. The van der Waals surface area contributed by atoms with E-state index < -0.39 is 0 Å². The van der Waals surface area contributed by atoms with Gasteiger partial charge in [0.2, 0.25) is 5.91 Å². The smallest absolute Gasteiger partial charge is 0.224 e. The fraction of sp³-hybridized carbons (Fsp3) is 0.533. The van der Waals surface area contributed by atoms with Gasteiger partial charge in [0.05, 0.1) is 20.6 Å². The van der Waals surface area contributed by atoms with Crippen LogP contribution in [-0.2, 0) is 11.2 Å². The Morgan fingerprint density at radius 1 is 1.40 bits per heavy atom. The SMILES string of the molecule is COc1ccc(OC)c(CC(=O)NC2CCCNC2)c1. The number of benzene rings is 1. The van der Waals surface area contributed by atoms with Gasteiger partial charge in [-0.15, -0.1) is 0 Å². The summed E-state index contributed by atoms with van der Waals surface area (Å²) in [4.78, 5) is 12.1. The maximum Gasteiger partial charge on any atom is 0.224 e. The molecule has 0 bridgehead atoms. The van der Waals surface area contributed by atoms with Crippen molar-refractivity contribution in [3.63, 3.8) is 0 Å². The molecular weight excluding hydrogens is 256 g/mol. The lowest BCUT2D eigenvalue weighted by Gasteiger charge is -2.24. The van der Waals surface area contributed by atoms with Crippen LogP contribution in [-0.4, -0.2) is 39.3 Å². The third-order valence-corrected chi connectivity index (χ3v) is 3.50. The fourth-order valence-corrected chi connectivity index (χ4v) is 2.45. The van der Waals surface area contributed by atoms with Crippen LogP contribution in [0.5, 0.6) is 11.5 Å². The summed E-state index contributed by atoms with van der Waals surface area (Å²) in [7, 11) is 3.22. The van der Waals surface area contributed by atoms with Crippen molar-refractivity contribution in [2.24, 2.45) is 0 Å². The minimum atomic E-state index is 0.0188. The van der Waals surface area contributed by atoms with Gasteiger partial charge in [-0.3, -0.25) is 4.79 Å². The van der Waals surface area contributed by atoms with Crippen LogP contribution in [0.15, 0.2) is 18.2 Å². The lowest BCUT2D eigenvalue weighted by molar-refractivity contribution is -0.121. The summed E-state index contributed by atoms with van der Waals surface area (Å²) in [5.74, 6) is 1.46. The zero-order chi connectivity index (χ0) is 14.4. The molecule has 5 heteroatoms. The highest BCUT2D eigenvalue weighted by Crippen LogP contribution is 2.24. The summed E-state index contributed by atoms with van der Waals surface area (Å²) >= 11 is 0. The van der Waals surface area contributed by atoms with Gasteiger partial charge in [-0.05, 0) is 37.6 Å². The molecule has 5 nitrogen and oxygen atoms in total. The molecule has 2 N–H and O–H groups in total. The van der Waals surface area contributed by atoms with E-state index in [0.29, 0.717) is 12.2 Å². The van der Waals surface area contributed by atoms with Gasteiger partial charge in [-0.25, -0.2) is 0 Å². The summed E-state index contributed by atoms with van der Waals surface area (Å²) in [6.07, 6.45) is 2.44. The topological polar surface area (TPSA) is 59.6 Å². The number of nitrogens with one attached hydrogen (secondary N) is 2. The number of methoxy groups -OCH3 is 2. The molecule has 1 unspecified atom stereocenters. The second-order valence-electron chi connectivity index (χ2n) is 4.97.